The number of nitrogens with one attached hydrogen (secondary N) is 1. The molecule has 7 heteroatoms. The van der Waals surface area contributed by atoms with Crippen molar-refractivity contribution < 1.29 is 13.2 Å². The number of rotatable bonds is 7. The zero-order valence-electron chi connectivity index (χ0n) is 12.9. The van der Waals surface area contributed by atoms with Gasteiger partial charge < -0.3 is 10.2 Å². The molecular weight excluding hydrogens is 290 g/mol. The summed E-state index contributed by atoms with van der Waals surface area (Å²) < 4.78 is 24.6. The monoisotopic (exact) mass is 313 g/mol. The second-order valence-electron chi connectivity index (χ2n) is 5.19. The van der Waals surface area contributed by atoms with Gasteiger partial charge in [0, 0.05) is 20.1 Å². The van der Waals surface area contributed by atoms with E-state index in [1.165, 1.54) is 7.05 Å². The molecule has 6 nitrogen and oxygen atoms in total. The average Bonchev–Trinajstić information content (AvgIpc) is 2.38. The molecule has 21 heavy (non-hydrogen) atoms. The first-order valence-electron chi connectivity index (χ1n) is 6.64. The molecule has 0 saturated heterocycles. The zero-order valence-corrected chi connectivity index (χ0v) is 13.7. The van der Waals surface area contributed by atoms with Crippen LogP contribution in [0.1, 0.15) is 11.6 Å². The van der Waals surface area contributed by atoms with Crippen LogP contribution in [0, 0.1) is 0 Å². The van der Waals surface area contributed by atoms with Gasteiger partial charge >= 0.3 is 0 Å². The van der Waals surface area contributed by atoms with Gasteiger partial charge in [0.25, 0.3) is 0 Å². The first-order valence-corrected chi connectivity index (χ1v) is 8.48. The van der Waals surface area contributed by atoms with Crippen molar-refractivity contribution in [3.05, 3.63) is 35.9 Å². The fourth-order valence-corrected chi connectivity index (χ4v) is 2.45. The van der Waals surface area contributed by atoms with E-state index in [9.17, 15) is 13.2 Å². The lowest BCUT2D eigenvalue weighted by Crippen LogP contribution is -2.42. The number of carbonyl (C=O) groups is 1. The molecule has 0 aliphatic carbocycles. The molecule has 1 rings (SSSR count). The van der Waals surface area contributed by atoms with Crippen molar-refractivity contribution in [2.24, 2.45) is 0 Å². The van der Waals surface area contributed by atoms with Crippen LogP contribution in [0.5, 0.6) is 0 Å². The van der Waals surface area contributed by atoms with Gasteiger partial charge in [-0.05, 0) is 19.7 Å². The van der Waals surface area contributed by atoms with Crippen LogP contribution in [-0.4, -0.2) is 64.0 Å². The SMILES string of the molecule is CN(C)CCNC(=O)[C@@H](c1ccccc1)N(C)S(C)(=O)=O. The Labute approximate surface area is 126 Å². The molecule has 0 heterocycles. The van der Waals surface area contributed by atoms with E-state index >= 15 is 0 Å². The third kappa shape index (κ3) is 5.45. The van der Waals surface area contributed by atoms with E-state index in [2.05, 4.69) is 5.32 Å². The van der Waals surface area contributed by atoms with E-state index in [0.717, 1.165) is 10.6 Å². The summed E-state index contributed by atoms with van der Waals surface area (Å²) in [5, 5.41) is 2.78. The summed E-state index contributed by atoms with van der Waals surface area (Å²) in [6, 6.07) is 8.03. The van der Waals surface area contributed by atoms with Crippen LogP contribution in [-0.2, 0) is 14.8 Å². The second-order valence-corrected chi connectivity index (χ2v) is 7.23. The van der Waals surface area contributed by atoms with Crippen molar-refractivity contribution in [1.29, 1.82) is 0 Å². The molecule has 0 aliphatic heterocycles. The Hall–Kier alpha value is -1.44. The fourth-order valence-electron chi connectivity index (χ4n) is 1.85. The Kier molecular flexibility index (Phi) is 6.32. The van der Waals surface area contributed by atoms with Crippen molar-refractivity contribution in [3.8, 4) is 0 Å². The number of nitrogens with zero attached hydrogens (tertiary/aromatic N) is 2. The van der Waals surface area contributed by atoms with E-state index in [0.29, 0.717) is 18.7 Å². The Morgan fingerprint density at radius 3 is 2.24 bits per heavy atom. The second kappa shape index (κ2) is 7.53. The fraction of sp³-hybridized carbons (Fsp3) is 0.500. The number of benzene rings is 1. The zero-order chi connectivity index (χ0) is 16.0. The van der Waals surface area contributed by atoms with Gasteiger partial charge in [-0.2, -0.15) is 4.31 Å². The Morgan fingerprint density at radius 1 is 1.19 bits per heavy atom. The Morgan fingerprint density at radius 2 is 1.76 bits per heavy atom. The molecule has 0 saturated carbocycles. The van der Waals surface area contributed by atoms with Crippen molar-refractivity contribution in [2.45, 2.75) is 6.04 Å². The Bertz CT molecular complexity index is 558. The normalized spacial score (nSPS) is 13.4. The summed E-state index contributed by atoms with van der Waals surface area (Å²) in [5.74, 6) is -0.323. The average molecular weight is 313 g/mol. The number of carbonyl (C=O) groups excluding carboxylic acids is 1. The topological polar surface area (TPSA) is 69.7 Å². The molecule has 1 amide bonds. The van der Waals surface area contributed by atoms with Crippen molar-refractivity contribution in [3.63, 3.8) is 0 Å². The maximum atomic E-state index is 12.4. The lowest BCUT2D eigenvalue weighted by Gasteiger charge is -2.26. The molecule has 0 aromatic heterocycles. The highest BCUT2D eigenvalue weighted by atomic mass is 32.2. The smallest absolute Gasteiger partial charge is 0.243 e. The predicted octanol–water partition coefficient (Wildman–Crippen LogP) is 0.297. The predicted molar refractivity (Wildman–Crippen MR) is 83.4 cm³/mol. The van der Waals surface area contributed by atoms with E-state index < -0.39 is 16.1 Å². The molecule has 118 valence electrons. The molecular formula is C14H23N3O3S. The van der Waals surface area contributed by atoms with Crippen LogP contribution in [0.15, 0.2) is 30.3 Å². The summed E-state index contributed by atoms with van der Waals surface area (Å²) >= 11 is 0. The Balaban J connectivity index is 2.95. The van der Waals surface area contributed by atoms with Crippen molar-refractivity contribution in [1.82, 2.24) is 14.5 Å². The van der Waals surface area contributed by atoms with Gasteiger partial charge in [0.2, 0.25) is 15.9 Å². The van der Waals surface area contributed by atoms with Gasteiger partial charge in [0.15, 0.2) is 0 Å². The van der Waals surface area contributed by atoms with E-state index in [4.69, 9.17) is 0 Å². The van der Waals surface area contributed by atoms with Crippen LogP contribution >= 0.6 is 0 Å². The third-order valence-corrected chi connectivity index (χ3v) is 4.37. The number of likely N-dealkylation sites (N-methyl/N-ethyl adjacent to an activating group) is 2. The highest BCUT2D eigenvalue weighted by Gasteiger charge is 2.30. The first kappa shape index (κ1) is 17.6. The molecule has 0 radical (unpaired) electrons. The van der Waals surface area contributed by atoms with Gasteiger partial charge in [-0.25, -0.2) is 8.42 Å². The van der Waals surface area contributed by atoms with Gasteiger partial charge in [-0.1, -0.05) is 30.3 Å². The highest BCUT2D eigenvalue weighted by Crippen LogP contribution is 2.21. The van der Waals surface area contributed by atoms with E-state index in [1.54, 1.807) is 24.3 Å². The maximum Gasteiger partial charge on any atom is 0.243 e. The number of hydrogen-bond donors (Lipinski definition) is 1. The summed E-state index contributed by atoms with van der Waals surface area (Å²) in [4.78, 5) is 14.3. The minimum Gasteiger partial charge on any atom is -0.353 e. The summed E-state index contributed by atoms with van der Waals surface area (Å²) in [6.07, 6.45) is 1.09. The molecule has 1 N–H and O–H groups in total. The largest absolute Gasteiger partial charge is 0.353 e. The number of sulfonamides is 1. The van der Waals surface area contributed by atoms with Crippen molar-refractivity contribution in [2.75, 3.05) is 40.5 Å². The first-order chi connectivity index (χ1) is 9.73. The van der Waals surface area contributed by atoms with Crippen LogP contribution in [0.4, 0.5) is 0 Å². The molecule has 0 fully saturated rings. The third-order valence-electron chi connectivity index (χ3n) is 3.11. The quantitative estimate of drug-likeness (QED) is 0.786. The highest BCUT2D eigenvalue weighted by molar-refractivity contribution is 7.88. The maximum absolute atomic E-state index is 12.4. The van der Waals surface area contributed by atoms with Crippen LogP contribution in [0.3, 0.4) is 0 Å². The summed E-state index contributed by atoms with van der Waals surface area (Å²) in [5.41, 5.74) is 0.646. The number of hydrogen-bond acceptors (Lipinski definition) is 4. The van der Waals surface area contributed by atoms with Gasteiger partial charge in [-0.3, -0.25) is 4.79 Å². The lowest BCUT2D eigenvalue weighted by atomic mass is 10.1. The van der Waals surface area contributed by atoms with Crippen molar-refractivity contribution >= 4 is 15.9 Å². The molecule has 1 aromatic carbocycles. The summed E-state index contributed by atoms with van der Waals surface area (Å²) in [6.45, 7) is 1.16. The number of amides is 1. The lowest BCUT2D eigenvalue weighted by molar-refractivity contribution is -0.124. The molecule has 0 spiro atoms. The van der Waals surface area contributed by atoms with Crippen LogP contribution in [0.25, 0.3) is 0 Å². The molecule has 0 aliphatic rings. The van der Waals surface area contributed by atoms with Gasteiger partial charge in [0.1, 0.15) is 6.04 Å². The van der Waals surface area contributed by atoms with Crippen LogP contribution in [0.2, 0.25) is 0 Å². The molecule has 0 unspecified atom stereocenters. The van der Waals surface area contributed by atoms with Gasteiger partial charge in [0.05, 0.1) is 6.26 Å². The standard InChI is InChI=1S/C14H23N3O3S/c1-16(2)11-10-15-14(18)13(17(3)21(4,19)20)12-8-6-5-7-9-12/h5-9,13H,10-11H2,1-4H3,(H,15,18)/t13-/m1/s1. The molecule has 0 bridgehead atoms. The molecule has 1 atom stereocenters. The van der Waals surface area contributed by atoms with Gasteiger partial charge in [-0.15, -0.1) is 0 Å². The van der Waals surface area contributed by atoms with E-state index in [-0.39, 0.29) is 5.91 Å². The minimum absolute atomic E-state index is 0.323. The molecule has 1 aromatic rings. The summed E-state index contributed by atoms with van der Waals surface area (Å²) in [7, 11) is 1.75. The van der Waals surface area contributed by atoms with Crippen LogP contribution < -0.4 is 5.32 Å². The van der Waals surface area contributed by atoms with E-state index in [1.807, 2.05) is 25.1 Å². The minimum atomic E-state index is -3.47.